The lowest BCUT2D eigenvalue weighted by atomic mass is 10.1. The van der Waals surface area contributed by atoms with Crippen LogP contribution < -0.4 is 0 Å². The summed E-state index contributed by atoms with van der Waals surface area (Å²) in [6.45, 7) is 1.43. The van der Waals surface area contributed by atoms with Crippen LogP contribution in [0.15, 0.2) is 12.7 Å². The molecule has 8 heteroatoms. The fraction of sp³-hybridized carbons (Fsp3) is 0.545. The number of hydrogen-bond donors (Lipinski definition) is 3. The van der Waals surface area contributed by atoms with Gasteiger partial charge in [0.05, 0.1) is 18.6 Å². The highest BCUT2D eigenvalue weighted by Gasteiger charge is 2.43. The molecule has 3 N–H and O–H groups in total. The van der Waals surface area contributed by atoms with E-state index in [0.717, 1.165) is 0 Å². The van der Waals surface area contributed by atoms with Crippen molar-refractivity contribution in [3.8, 4) is 0 Å². The van der Waals surface area contributed by atoms with Gasteiger partial charge in [0.1, 0.15) is 30.2 Å². The normalized spacial score (nSPS) is 31.2. The zero-order valence-corrected chi connectivity index (χ0v) is 10.2. The lowest BCUT2D eigenvalue weighted by Crippen LogP contribution is -2.33. The van der Waals surface area contributed by atoms with Gasteiger partial charge in [0, 0.05) is 0 Å². The third-order valence-corrected chi connectivity index (χ3v) is 3.34. The lowest BCUT2D eigenvalue weighted by Gasteiger charge is -2.17. The van der Waals surface area contributed by atoms with Crippen LogP contribution in [0.4, 0.5) is 0 Å². The highest BCUT2D eigenvalue weighted by Crippen LogP contribution is 2.31. The quantitative estimate of drug-likeness (QED) is 0.622. The van der Waals surface area contributed by atoms with Gasteiger partial charge < -0.3 is 20.1 Å². The number of aromatic nitrogens is 4. The van der Waals surface area contributed by atoms with Crippen molar-refractivity contribution in [1.82, 2.24) is 19.5 Å². The Kier molecular flexibility index (Phi) is 2.94. The van der Waals surface area contributed by atoms with Gasteiger partial charge in [-0.25, -0.2) is 15.0 Å². The molecule has 0 amide bonds. The molecule has 0 saturated carbocycles. The molecule has 0 aromatic carbocycles. The number of aliphatic hydroxyl groups excluding tert-OH is 3. The van der Waals surface area contributed by atoms with Gasteiger partial charge in [-0.3, -0.25) is 4.57 Å². The molecule has 3 heterocycles. The van der Waals surface area contributed by atoms with Crippen LogP contribution in [0.3, 0.4) is 0 Å². The smallest absolute Gasteiger partial charge is 0.181 e. The lowest BCUT2D eigenvalue weighted by molar-refractivity contribution is -0.0509. The van der Waals surface area contributed by atoms with E-state index in [1.807, 2.05) is 0 Å². The molecule has 0 bridgehead atoms. The Balaban J connectivity index is 2.06. The molecular formula is C11H14N4O4. The van der Waals surface area contributed by atoms with Crippen LogP contribution in [0, 0.1) is 6.92 Å². The molecule has 0 unspecified atom stereocenters. The van der Waals surface area contributed by atoms with Gasteiger partial charge >= 0.3 is 0 Å². The molecule has 2 aromatic rings. The van der Waals surface area contributed by atoms with Crippen molar-refractivity contribution in [1.29, 1.82) is 0 Å². The molecule has 3 rings (SSSR count). The average Bonchev–Trinajstić information content (AvgIpc) is 2.94. The summed E-state index contributed by atoms with van der Waals surface area (Å²) in [5, 5.41) is 28.9. The zero-order valence-electron chi connectivity index (χ0n) is 10.2. The van der Waals surface area contributed by atoms with Gasteiger partial charge in [-0.1, -0.05) is 0 Å². The van der Waals surface area contributed by atoms with Crippen LogP contribution in [-0.4, -0.2) is 59.8 Å². The van der Waals surface area contributed by atoms with Gasteiger partial charge in [-0.15, -0.1) is 0 Å². The van der Waals surface area contributed by atoms with Crippen LogP contribution in [0.2, 0.25) is 0 Å². The average molecular weight is 266 g/mol. The second-order valence-electron chi connectivity index (χ2n) is 4.51. The Hall–Kier alpha value is -1.61. The molecule has 0 radical (unpaired) electrons. The topological polar surface area (TPSA) is 114 Å². The molecule has 102 valence electrons. The first-order valence-corrected chi connectivity index (χ1v) is 5.90. The fourth-order valence-electron chi connectivity index (χ4n) is 2.33. The number of fused-ring (bicyclic) bond motifs is 1. The summed E-state index contributed by atoms with van der Waals surface area (Å²) >= 11 is 0. The maximum Gasteiger partial charge on any atom is 0.181 e. The molecule has 4 atom stereocenters. The first-order valence-electron chi connectivity index (χ1n) is 5.90. The van der Waals surface area contributed by atoms with E-state index in [2.05, 4.69) is 15.0 Å². The van der Waals surface area contributed by atoms with E-state index in [1.165, 1.54) is 12.7 Å². The predicted octanol–water partition coefficient (Wildman–Crippen LogP) is -1.25. The number of nitrogens with zero attached hydrogens (tertiary/aromatic N) is 4. The molecule has 0 aliphatic carbocycles. The summed E-state index contributed by atoms with van der Waals surface area (Å²) in [6.07, 6.45) is -1.03. The van der Waals surface area contributed by atoms with Gasteiger partial charge in [0.2, 0.25) is 0 Å². The Bertz CT molecular complexity index is 601. The van der Waals surface area contributed by atoms with E-state index < -0.39 is 24.5 Å². The first kappa shape index (κ1) is 12.4. The van der Waals surface area contributed by atoms with Crippen molar-refractivity contribution in [3.05, 3.63) is 18.3 Å². The summed E-state index contributed by atoms with van der Waals surface area (Å²) in [7, 11) is 0. The molecule has 1 aliphatic heterocycles. The molecule has 0 spiro atoms. The van der Waals surface area contributed by atoms with Crippen molar-refractivity contribution in [3.63, 3.8) is 0 Å². The SMILES string of the molecule is Cc1ncnc2ncn([C@@H]3O[C@H](CO)[C@@H](O)[C@H]3O)c12. The standard InChI is InChI=1S/C11H14N4O4/c1-5-7-10(13-3-12-5)14-4-15(7)11-9(18)8(17)6(2-16)19-11/h3-4,6,8-9,11,16-18H,2H2,1H3/t6-,8-,9-,11-/m1/s1. The summed E-state index contributed by atoms with van der Waals surface area (Å²) < 4.78 is 7.04. The number of imidazole rings is 1. The van der Waals surface area contributed by atoms with Gasteiger partial charge in [0.25, 0.3) is 0 Å². The van der Waals surface area contributed by atoms with Crippen LogP contribution >= 0.6 is 0 Å². The molecule has 2 aromatic heterocycles. The van der Waals surface area contributed by atoms with Crippen LogP contribution in [0.25, 0.3) is 11.2 Å². The van der Waals surface area contributed by atoms with Crippen molar-refractivity contribution in [2.24, 2.45) is 0 Å². The van der Waals surface area contributed by atoms with E-state index in [1.54, 1.807) is 11.5 Å². The minimum absolute atomic E-state index is 0.364. The predicted molar refractivity (Wildman–Crippen MR) is 63.1 cm³/mol. The summed E-state index contributed by atoms with van der Waals surface area (Å²) in [5.41, 5.74) is 1.82. The van der Waals surface area contributed by atoms with Crippen LogP contribution in [0.5, 0.6) is 0 Å². The second kappa shape index (κ2) is 4.49. The Morgan fingerprint density at radius 3 is 2.74 bits per heavy atom. The zero-order chi connectivity index (χ0) is 13.6. The Morgan fingerprint density at radius 1 is 1.26 bits per heavy atom. The summed E-state index contributed by atoms with van der Waals surface area (Å²) in [6, 6.07) is 0. The molecular weight excluding hydrogens is 252 g/mol. The van der Waals surface area contributed by atoms with Crippen molar-refractivity contribution in [2.45, 2.75) is 31.5 Å². The number of aliphatic hydroxyl groups is 3. The van der Waals surface area contributed by atoms with Crippen LogP contribution in [0.1, 0.15) is 11.9 Å². The number of rotatable bonds is 2. The van der Waals surface area contributed by atoms with Crippen LogP contribution in [-0.2, 0) is 4.74 Å². The molecule has 1 saturated heterocycles. The van der Waals surface area contributed by atoms with E-state index >= 15 is 0 Å². The third-order valence-electron chi connectivity index (χ3n) is 3.34. The highest BCUT2D eigenvalue weighted by molar-refractivity contribution is 5.73. The third kappa shape index (κ3) is 1.80. The summed E-state index contributed by atoms with van der Waals surface area (Å²) in [5.74, 6) is 0. The summed E-state index contributed by atoms with van der Waals surface area (Å²) in [4.78, 5) is 12.2. The highest BCUT2D eigenvalue weighted by atomic mass is 16.6. The van der Waals surface area contributed by atoms with Crippen molar-refractivity contribution < 1.29 is 20.1 Å². The largest absolute Gasteiger partial charge is 0.394 e. The van der Waals surface area contributed by atoms with Gasteiger partial charge in [-0.05, 0) is 6.92 Å². The maximum absolute atomic E-state index is 10.0. The molecule has 19 heavy (non-hydrogen) atoms. The van der Waals surface area contributed by atoms with Gasteiger partial charge in [0.15, 0.2) is 11.9 Å². The first-order chi connectivity index (χ1) is 9.13. The number of ether oxygens (including phenoxy) is 1. The second-order valence-corrected chi connectivity index (χ2v) is 4.51. The van der Waals surface area contributed by atoms with E-state index in [0.29, 0.717) is 16.9 Å². The molecule has 1 fully saturated rings. The Morgan fingerprint density at radius 2 is 2.05 bits per heavy atom. The van der Waals surface area contributed by atoms with E-state index in [-0.39, 0.29) is 6.61 Å². The minimum Gasteiger partial charge on any atom is -0.394 e. The van der Waals surface area contributed by atoms with Crippen molar-refractivity contribution in [2.75, 3.05) is 6.61 Å². The van der Waals surface area contributed by atoms with E-state index in [9.17, 15) is 10.2 Å². The molecule has 8 nitrogen and oxygen atoms in total. The minimum atomic E-state index is -1.14. The maximum atomic E-state index is 10.0. The van der Waals surface area contributed by atoms with Crippen molar-refractivity contribution >= 4 is 11.2 Å². The number of hydrogen-bond acceptors (Lipinski definition) is 7. The Labute approximate surface area is 108 Å². The monoisotopic (exact) mass is 266 g/mol. The molecule has 1 aliphatic rings. The van der Waals surface area contributed by atoms with Gasteiger partial charge in [-0.2, -0.15) is 0 Å². The van der Waals surface area contributed by atoms with E-state index in [4.69, 9.17) is 9.84 Å². The number of aryl methyl sites for hydroxylation is 1. The fourth-order valence-corrected chi connectivity index (χ4v) is 2.33.